The second-order valence-electron chi connectivity index (χ2n) is 29.5. The highest BCUT2D eigenvalue weighted by Crippen LogP contribution is 2.39. The van der Waals surface area contributed by atoms with Gasteiger partial charge in [0.15, 0.2) is 11.1 Å². The van der Waals surface area contributed by atoms with E-state index < -0.39 is 81.8 Å². The van der Waals surface area contributed by atoms with E-state index in [1.54, 1.807) is 121 Å². The van der Waals surface area contributed by atoms with Gasteiger partial charge in [0, 0.05) is 76.3 Å². The van der Waals surface area contributed by atoms with Crippen molar-refractivity contribution in [2.75, 3.05) is 64.0 Å². The van der Waals surface area contributed by atoms with E-state index in [9.17, 15) is 19.2 Å². The summed E-state index contributed by atoms with van der Waals surface area (Å²) in [5.74, 6) is -3.80. The average Bonchev–Trinajstić information content (AvgIpc) is 1.04. The number of hydrogen-bond acceptors (Lipinski definition) is 16. The van der Waals surface area contributed by atoms with E-state index in [0.717, 1.165) is 11.1 Å². The fourth-order valence-electron chi connectivity index (χ4n) is 16.6. The summed E-state index contributed by atoms with van der Waals surface area (Å²) in [4.78, 5) is 149. The topological polar surface area (TPSA) is 322 Å². The first-order chi connectivity index (χ1) is 53.6. The zero-order valence-corrected chi connectivity index (χ0v) is 63.6. The largest absolute Gasteiger partial charge is 0.380 e. The molecule has 10 atom stereocenters. The zero-order valence-electron chi connectivity index (χ0n) is 63.6. The Labute approximate surface area is 644 Å². The molecule has 4 fully saturated rings. The Hall–Kier alpha value is -10.4. The minimum absolute atomic E-state index is 0.155. The monoisotopic (exact) mass is 1500 g/mol. The second kappa shape index (κ2) is 38.8. The average molecular weight is 1500 g/mol. The number of anilines is 2. The van der Waals surface area contributed by atoms with Gasteiger partial charge in [-0.2, -0.15) is 0 Å². The molecule has 7 aromatic rings. The first kappa shape index (κ1) is 80.6. The van der Waals surface area contributed by atoms with Gasteiger partial charge in [-0.05, 0) is 137 Å². The lowest BCUT2D eigenvalue weighted by Gasteiger charge is -2.38. The third kappa shape index (κ3) is 18.5. The molecule has 4 aliphatic heterocycles. The zero-order chi connectivity index (χ0) is 77.6. The molecule has 11 rings (SSSR count). The van der Waals surface area contributed by atoms with Crippen molar-refractivity contribution in [1.29, 1.82) is 0 Å². The number of hydrogen-bond donors (Lipinski definition) is 12. The van der Waals surface area contributed by atoms with Gasteiger partial charge in [0.1, 0.15) is 35.5 Å². The van der Waals surface area contributed by atoms with Crippen LogP contribution < -0.4 is 74.7 Å². The molecule has 4 heterocycles. The van der Waals surface area contributed by atoms with Crippen LogP contribution in [0, 0.1) is 11.8 Å². The first-order valence-corrected chi connectivity index (χ1v) is 39.4. The van der Waals surface area contributed by atoms with Crippen molar-refractivity contribution in [3.8, 4) is 0 Å². The number of nitrogens with zero attached hydrogens (tertiary/aromatic N) is 2. The Morgan fingerprint density at radius 1 is 0.409 bits per heavy atom. The van der Waals surface area contributed by atoms with Crippen LogP contribution in [0.5, 0.6) is 0 Å². The lowest BCUT2D eigenvalue weighted by atomic mass is 9.81. The maximum absolute atomic E-state index is 15.3. The molecule has 0 saturated carbocycles. The number of fused-ring (bicyclic) bond motifs is 2. The van der Waals surface area contributed by atoms with E-state index >= 15 is 28.8 Å². The summed E-state index contributed by atoms with van der Waals surface area (Å²) in [5.41, 5.74) is -0.341. The van der Waals surface area contributed by atoms with Gasteiger partial charge < -0.3 is 73.6 Å². The lowest BCUT2D eigenvalue weighted by molar-refractivity contribution is -0.145. The van der Waals surface area contributed by atoms with Gasteiger partial charge in [0.25, 0.3) is 22.7 Å². The summed E-state index contributed by atoms with van der Waals surface area (Å²) in [6, 6.07) is 50.6. The van der Waals surface area contributed by atoms with E-state index in [4.69, 9.17) is 0 Å². The van der Waals surface area contributed by atoms with E-state index in [1.807, 2.05) is 98.8 Å². The number of unbranched alkanes of at least 4 members (excludes halogenated alkanes) is 2. The van der Waals surface area contributed by atoms with Crippen LogP contribution in [0.4, 0.5) is 11.4 Å². The molecular weight excluding hydrogens is 1390 g/mol. The molecule has 4 aliphatic rings. The van der Waals surface area contributed by atoms with E-state index in [1.165, 1.54) is 0 Å². The molecule has 0 spiro atoms. The molecule has 0 aliphatic carbocycles. The lowest BCUT2D eigenvalue weighted by Crippen LogP contribution is -2.62. The number of carbonyl (C=O) groups excluding carboxylic acids is 8. The summed E-state index contributed by atoms with van der Waals surface area (Å²) in [6.45, 7) is 6.78. The molecule has 12 N–H and O–H groups in total. The van der Waals surface area contributed by atoms with Gasteiger partial charge in [0.05, 0.1) is 12.1 Å². The highest BCUT2D eigenvalue weighted by atomic mass is 16.2. The van der Waals surface area contributed by atoms with E-state index in [0.29, 0.717) is 138 Å². The highest BCUT2D eigenvalue weighted by molar-refractivity contribution is 6.01. The third-order valence-corrected chi connectivity index (χ3v) is 22.7. The van der Waals surface area contributed by atoms with E-state index in [-0.39, 0.29) is 85.1 Å². The maximum atomic E-state index is 15.3. The van der Waals surface area contributed by atoms with Gasteiger partial charge in [0.2, 0.25) is 35.4 Å². The van der Waals surface area contributed by atoms with Crippen LogP contribution in [0.15, 0.2) is 192 Å². The molecule has 24 heteroatoms. The van der Waals surface area contributed by atoms with Gasteiger partial charge in [-0.25, -0.2) is 0 Å². The minimum atomic E-state index is -1.76. The van der Waals surface area contributed by atoms with Gasteiger partial charge in [-0.15, -0.1) is 0 Å². The smallest absolute Gasteiger partial charge is 0.255 e. The van der Waals surface area contributed by atoms with Crippen LogP contribution in [0.2, 0.25) is 0 Å². The fraction of sp³-hybridized carbons (Fsp3) is 0.442. The molecule has 4 saturated heterocycles. The SMILES string of the molecule is CC[C@H](NC)C(=O)NC1C(=O)N2[C@@H](CC[C@@H]1CNCc1ccccc1)CC[C@H]2C(=O)NC(C(=O)NCCCCNc1c(NCCCCNC(=O)C(NC(=O)[C@@H]2CC[C@@H]3CC[C@H](CNCc4ccccc4)[C@H](NC(=O)[C@H](CC)NC)C(=O)N32)(c2ccccc2)c2ccccc2)c(=O)c1=O)(c1ccccc1)c1ccccc1. The van der Waals surface area contributed by atoms with Crippen molar-refractivity contribution in [2.45, 2.75) is 176 Å². The molecule has 0 bridgehead atoms. The molecule has 0 radical (unpaired) electrons. The summed E-state index contributed by atoms with van der Waals surface area (Å²) in [5, 5.41) is 38.3. The summed E-state index contributed by atoms with van der Waals surface area (Å²) < 4.78 is 0. The number of carbonyl (C=O) groups is 8. The van der Waals surface area contributed by atoms with Crippen LogP contribution in [0.25, 0.3) is 0 Å². The molecule has 582 valence electrons. The number of amides is 8. The maximum Gasteiger partial charge on any atom is 0.255 e. The number of nitrogens with one attached hydrogen (secondary N) is 12. The Balaban J connectivity index is 0.704. The quantitative estimate of drug-likeness (QED) is 0.0154. The Morgan fingerprint density at radius 3 is 1.04 bits per heavy atom. The van der Waals surface area contributed by atoms with Crippen molar-refractivity contribution >= 4 is 58.6 Å². The number of benzene rings is 6. The van der Waals surface area contributed by atoms with Crippen LogP contribution in [-0.2, 0) is 62.5 Å². The minimum Gasteiger partial charge on any atom is -0.380 e. The van der Waals surface area contributed by atoms with Gasteiger partial charge in [-0.3, -0.25) is 47.9 Å². The highest BCUT2D eigenvalue weighted by Gasteiger charge is 2.53. The van der Waals surface area contributed by atoms with Crippen LogP contribution in [0.3, 0.4) is 0 Å². The third-order valence-electron chi connectivity index (χ3n) is 22.7. The van der Waals surface area contributed by atoms with Crippen molar-refractivity contribution < 1.29 is 38.4 Å². The van der Waals surface area contributed by atoms with Crippen LogP contribution in [0.1, 0.15) is 137 Å². The van der Waals surface area contributed by atoms with Gasteiger partial charge >= 0.3 is 0 Å². The summed E-state index contributed by atoms with van der Waals surface area (Å²) in [6.07, 6.45) is 7.17. The predicted octanol–water partition coefficient (Wildman–Crippen LogP) is 6.10. The molecule has 110 heavy (non-hydrogen) atoms. The predicted molar refractivity (Wildman–Crippen MR) is 426 cm³/mol. The van der Waals surface area contributed by atoms with Crippen molar-refractivity contribution in [1.82, 2.24) is 63.0 Å². The van der Waals surface area contributed by atoms with Crippen LogP contribution in [-0.4, -0.2) is 159 Å². The fourth-order valence-corrected chi connectivity index (χ4v) is 16.6. The summed E-state index contributed by atoms with van der Waals surface area (Å²) in [7, 11) is 3.42. The number of likely N-dealkylation sites (N-methyl/N-ethyl adjacent to an activating group) is 2. The number of rotatable bonds is 38. The van der Waals surface area contributed by atoms with Crippen molar-refractivity contribution in [3.05, 3.63) is 236 Å². The molecule has 0 aromatic heterocycles. The molecule has 1 unspecified atom stereocenters. The normalized spacial score (nSPS) is 20.4. The first-order valence-electron chi connectivity index (χ1n) is 39.4. The Kier molecular flexibility index (Phi) is 28.4. The second-order valence-corrected chi connectivity index (χ2v) is 29.5. The summed E-state index contributed by atoms with van der Waals surface area (Å²) >= 11 is 0. The van der Waals surface area contributed by atoms with E-state index in [2.05, 4.69) is 63.8 Å². The molecule has 8 amide bonds. The standard InChI is InChI=1S/C86H108N14O10/c1-5-67(87-3)77(103)95-71-59(55-89-53-57-29-13-7-14-30-57)41-43-65-45-47-69(99(65)81(71)107)79(105)97-85(61-33-17-9-18-34-61,62-35-19-10-20-36-62)83(109)93-51-27-25-49-91-73-74(76(102)75(73)101)92-50-26-28-52-94-84(110)86(63-37-21-11-22-38-63,64-39-23-12-24-40-64)98-80(106)70-48-46-66-44-42-60(56-90-54-58-31-15-8-16-32-58)72(82(108)100(66)70)96-78(104)68(6-2)88-4/h7-24,29-40,59-60,65-72,87-92H,5-6,25-28,41-56H2,1-4H3,(H,93,109)(H,94,110)(H,95,103)(H,96,104)(H,97,105)(H,98,106)/t59-,60-,65+,66+,67+,68+,69+,70+,71+,72?/m1/s1. The Bertz CT molecular complexity index is 3930. The molecule has 24 nitrogen and oxygen atoms in total. The van der Waals surface area contributed by atoms with Gasteiger partial charge in [-0.1, -0.05) is 196 Å². The van der Waals surface area contributed by atoms with Crippen molar-refractivity contribution in [2.24, 2.45) is 11.8 Å². The Morgan fingerprint density at radius 2 is 0.718 bits per heavy atom. The molecule has 7 aromatic carbocycles. The van der Waals surface area contributed by atoms with Crippen LogP contribution >= 0.6 is 0 Å². The molecular formula is C86H108N14O10. The van der Waals surface area contributed by atoms with Crippen molar-refractivity contribution in [3.63, 3.8) is 0 Å².